The molecule has 1 aliphatic heterocycles. The van der Waals surface area contributed by atoms with Crippen molar-refractivity contribution in [2.75, 3.05) is 26.9 Å². The van der Waals surface area contributed by atoms with Crippen LogP contribution in [0.2, 0.25) is 0 Å². The van der Waals surface area contributed by atoms with Crippen LogP contribution >= 0.6 is 0 Å². The number of halogens is 1. The van der Waals surface area contributed by atoms with E-state index in [-0.39, 0.29) is 48.9 Å². The van der Waals surface area contributed by atoms with E-state index in [0.717, 1.165) is 0 Å². The lowest BCUT2D eigenvalue weighted by Crippen LogP contribution is -2.70. The fourth-order valence-corrected chi connectivity index (χ4v) is 9.63. The Morgan fingerprint density at radius 2 is 1.81 bits per heavy atom. The maximum atomic E-state index is 17.7. The standard InChI is InChI=1S/C37H44FNO14/c1-33(2)52-30-18-25-24-10-9-22-17-23(40)12-13-34(22,3)36(24,38)28(41)19-35(25,4)37(30,53-33)29(42)20-49-32(44)51-26-11-8-21(16-27(26)47-5)31(43)48-14-6-7-15-50-39(45)46/h8,11-13,16-17,24-25,28,30,41H,6-7,9-10,14-15,18-20H2,1-5H3/t24?,25-,28-,30+,34-,35-,36-,37+/m0/s1. The Morgan fingerprint density at radius 1 is 1.08 bits per heavy atom. The van der Waals surface area contributed by atoms with Gasteiger partial charge in [-0.05, 0) is 95.6 Å². The van der Waals surface area contributed by atoms with Crippen LogP contribution in [0.15, 0.2) is 42.0 Å². The van der Waals surface area contributed by atoms with E-state index in [9.17, 15) is 34.4 Å². The van der Waals surface area contributed by atoms with Crippen LogP contribution in [0.3, 0.4) is 0 Å². The van der Waals surface area contributed by atoms with Crippen molar-refractivity contribution in [3.8, 4) is 11.5 Å². The number of esters is 1. The molecule has 8 atom stereocenters. The average Bonchev–Trinajstić information content (AvgIpc) is 3.51. The van der Waals surface area contributed by atoms with Gasteiger partial charge in [-0.2, -0.15) is 0 Å². The molecule has 0 radical (unpaired) electrons. The second-order valence-corrected chi connectivity index (χ2v) is 15.2. The van der Waals surface area contributed by atoms with Crippen molar-refractivity contribution in [1.82, 2.24) is 0 Å². The van der Waals surface area contributed by atoms with E-state index < -0.39 is 81.5 Å². The van der Waals surface area contributed by atoms with Crippen molar-refractivity contribution < 1.29 is 67.0 Å². The lowest BCUT2D eigenvalue weighted by molar-refractivity contribution is -0.757. The number of ether oxygens (including phenoxy) is 6. The van der Waals surface area contributed by atoms with Crippen LogP contribution in [-0.2, 0) is 33.4 Å². The lowest BCUT2D eigenvalue weighted by atomic mass is 9.44. The largest absolute Gasteiger partial charge is 0.514 e. The molecule has 0 bridgehead atoms. The summed E-state index contributed by atoms with van der Waals surface area (Å²) in [5, 5.41) is 21.1. The summed E-state index contributed by atoms with van der Waals surface area (Å²) in [6.45, 7) is 5.91. The minimum absolute atomic E-state index is 0.0107. The molecule has 4 fully saturated rings. The van der Waals surface area contributed by atoms with Gasteiger partial charge >= 0.3 is 12.1 Å². The molecular weight excluding hydrogens is 701 g/mol. The quantitative estimate of drug-likeness (QED) is 0.101. The highest BCUT2D eigenvalue weighted by Gasteiger charge is 2.80. The molecule has 3 saturated carbocycles. The zero-order valence-electron chi connectivity index (χ0n) is 30.2. The number of Topliss-reactive ketones (excluding diaryl/α,β-unsaturated/α-hetero) is 1. The summed E-state index contributed by atoms with van der Waals surface area (Å²) in [5.74, 6) is -4.06. The molecule has 53 heavy (non-hydrogen) atoms. The Bertz CT molecular complexity index is 1760. The molecule has 0 aromatic heterocycles. The van der Waals surface area contributed by atoms with Crippen molar-refractivity contribution >= 4 is 23.7 Å². The van der Waals surface area contributed by atoms with Gasteiger partial charge in [-0.15, -0.1) is 10.1 Å². The van der Waals surface area contributed by atoms with E-state index in [1.807, 2.05) is 0 Å². The minimum atomic E-state index is -2.13. The summed E-state index contributed by atoms with van der Waals surface area (Å²) in [6.07, 6.45) is 2.30. The first-order chi connectivity index (χ1) is 24.9. The highest BCUT2D eigenvalue weighted by molar-refractivity contribution is 6.01. The Hall–Kier alpha value is -4.41. The Morgan fingerprint density at radius 3 is 2.53 bits per heavy atom. The average molecular weight is 746 g/mol. The molecule has 15 nitrogen and oxygen atoms in total. The fraction of sp³-hybridized carbons (Fsp3) is 0.622. The van der Waals surface area contributed by atoms with Crippen molar-refractivity contribution in [2.24, 2.45) is 22.7 Å². The van der Waals surface area contributed by atoms with Gasteiger partial charge in [0.2, 0.25) is 5.78 Å². The fourth-order valence-electron chi connectivity index (χ4n) is 9.63. The van der Waals surface area contributed by atoms with Gasteiger partial charge in [0.05, 0.1) is 38.1 Å². The van der Waals surface area contributed by atoms with Crippen molar-refractivity contribution in [2.45, 2.75) is 95.5 Å². The first-order valence-electron chi connectivity index (χ1n) is 17.6. The van der Waals surface area contributed by atoms with Crippen molar-refractivity contribution in [3.63, 3.8) is 0 Å². The number of nitrogens with zero attached hydrogens (tertiary/aromatic N) is 1. The number of unbranched alkanes of at least 4 members (excludes halogenated alkanes) is 1. The first kappa shape index (κ1) is 38.3. The van der Waals surface area contributed by atoms with Crippen LogP contribution in [0, 0.1) is 32.8 Å². The van der Waals surface area contributed by atoms with Crippen LogP contribution in [0.1, 0.15) is 76.6 Å². The van der Waals surface area contributed by atoms with Gasteiger partial charge in [-0.3, -0.25) is 9.59 Å². The molecule has 5 aliphatic rings. The van der Waals surface area contributed by atoms with Gasteiger partial charge in [0.1, 0.15) is 0 Å². The molecule has 16 heteroatoms. The molecule has 1 heterocycles. The number of fused-ring (bicyclic) bond motifs is 7. The minimum Gasteiger partial charge on any atom is -0.493 e. The zero-order chi connectivity index (χ0) is 38.6. The highest BCUT2D eigenvalue weighted by Crippen LogP contribution is 2.72. The monoisotopic (exact) mass is 745 g/mol. The van der Waals surface area contributed by atoms with Gasteiger partial charge < -0.3 is 38.4 Å². The third kappa shape index (κ3) is 6.27. The Kier molecular flexibility index (Phi) is 9.96. The van der Waals surface area contributed by atoms with E-state index in [0.29, 0.717) is 31.3 Å². The smallest absolute Gasteiger partial charge is 0.493 e. The summed E-state index contributed by atoms with van der Waals surface area (Å²) in [4.78, 5) is 66.4. The number of aliphatic hydroxyl groups is 1. The number of alkyl halides is 1. The number of rotatable bonds is 12. The van der Waals surface area contributed by atoms with Gasteiger partial charge in [0, 0.05) is 16.7 Å². The number of carbonyl (C=O) groups is 4. The SMILES string of the molecule is COc1cc(C(=O)OCCCCO[N+](=O)[O-])ccc1OC(=O)OCC(=O)[C@@]12OC(C)(C)O[C@@H]1C[C@H]1C3CCC4=CC(=O)C=C[C@]4(C)[C@@]3(F)[C@@H](O)C[C@@]12C. The molecule has 1 aromatic rings. The summed E-state index contributed by atoms with van der Waals surface area (Å²) in [7, 11) is 1.29. The van der Waals surface area contributed by atoms with Gasteiger partial charge in [0.15, 0.2) is 40.9 Å². The molecule has 6 rings (SSSR count). The van der Waals surface area contributed by atoms with E-state index in [1.165, 1.54) is 37.5 Å². The molecule has 0 spiro atoms. The third-order valence-electron chi connectivity index (χ3n) is 11.9. The van der Waals surface area contributed by atoms with Crippen LogP contribution in [-0.4, -0.2) is 90.1 Å². The number of hydrogen-bond acceptors (Lipinski definition) is 14. The topological polar surface area (TPSA) is 196 Å². The molecule has 0 amide bonds. The number of ketones is 2. The van der Waals surface area contributed by atoms with Gasteiger partial charge in [0.25, 0.3) is 5.09 Å². The van der Waals surface area contributed by atoms with Crippen molar-refractivity contribution in [1.29, 1.82) is 0 Å². The summed E-state index contributed by atoms with van der Waals surface area (Å²) >= 11 is 0. The molecule has 288 valence electrons. The predicted molar refractivity (Wildman–Crippen MR) is 179 cm³/mol. The van der Waals surface area contributed by atoms with E-state index >= 15 is 4.39 Å². The van der Waals surface area contributed by atoms with E-state index in [2.05, 4.69) is 4.84 Å². The maximum absolute atomic E-state index is 17.7. The lowest BCUT2D eigenvalue weighted by Gasteiger charge is -2.62. The first-order valence-corrected chi connectivity index (χ1v) is 17.6. The number of hydrogen-bond donors (Lipinski definition) is 1. The summed E-state index contributed by atoms with van der Waals surface area (Å²) < 4.78 is 51.5. The number of methoxy groups -OCH3 is 1. The van der Waals surface area contributed by atoms with Crippen LogP contribution in [0.5, 0.6) is 11.5 Å². The van der Waals surface area contributed by atoms with Crippen molar-refractivity contribution in [3.05, 3.63) is 57.7 Å². The van der Waals surface area contributed by atoms with Crippen LogP contribution < -0.4 is 9.47 Å². The zero-order valence-corrected chi connectivity index (χ0v) is 30.2. The Balaban J connectivity index is 1.15. The van der Waals surface area contributed by atoms with Gasteiger partial charge in [-0.25, -0.2) is 14.0 Å². The molecule has 4 aliphatic carbocycles. The summed E-state index contributed by atoms with van der Waals surface area (Å²) in [6, 6.07) is 3.89. The molecule has 1 saturated heterocycles. The number of allylic oxidation sites excluding steroid dienone is 4. The normalized spacial score (nSPS) is 34.8. The molecule has 1 N–H and O–H groups in total. The second kappa shape index (κ2) is 13.8. The predicted octanol–water partition coefficient (Wildman–Crippen LogP) is 4.80. The second-order valence-electron chi connectivity index (χ2n) is 15.2. The molecular formula is C37H44FNO14. The van der Waals surface area contributed by atoms with Crippen LogP contribution in [0.25, 0.3) is 0 Å². The molecule has 1 unspecified atom stereocenters. The maximum Gasteiger partial charge on any atom is 0.514 e. The highest BCUT2D eigenvalue weighted by atomic mass is 19.1. The summed E-state index contributed by atoms with van der Waals surface area (Å²) in [5.41, 5.74) is -5.45. The van der Waals surface area contributed by atoms with Gasteiger partial charge in [-0.1, -0.05) is 18.6 Å². The van der Waals surface area contributed by atoms with E-state index in [4.69, 9.17) is 28.4 Å². The van der Waals surface area contributed by atoms with E-state index in [1.54, 1.807) is 33.8 Å². The number of aliphatic hydroxyl groups excluding tert-OH is 1. The number of benzene rings is 1. The number of carbonyl (C=O) groups excluding carboxylic acids is 4. The Labute approximate surface area is 304 Å². The van der Waals surface area contributed by atoms with Crippen LogP contribution in [0.4, 0.5) is 9.18 Å². The third-order valence-corrected chi connectivity index (χ3v) is 11.9. The molecule has 1 aromatic carbocycles.